The number of guanidine groups is 1. The zero-order valence-corrected chi connectivity index (χ0v) is 9.34. The number of aromatic nitrogens is 1. The number of hydrogen-bond donors (Lipinski definition) is 2. The van der Waals surface area contributed by atoms with Gasteiger partial charge in [-0.15, -0.1) is 11.3 Å². The summed E-state index contributed by atoms with van der Waals surface area (Å²) >= 11 is 1.18. The molecule has 1 heterocycles. The van der Waals surface area contributed by atoms with Gasteiger partial charge in [-0.25, -0.2) is 13.8 Å². The molecule has 0 saturated carbocycles. The van der Waals surface area contributed by atoms with Crippen LogP contribution in [0.25, 0.3) is 11.3 Å². The fourth-order valence-corrected chi connectivity index (χ4v) is 1.98. The number of nitrogens with zero attached hydrogens (tertiary/aromatic N) is 2. The van der Waals surface area contributed by atoms with Crippen molar-refractivity contribution in [3.05, 3.63) is 35.2 Å². The second kappa shape index (κ2) is 4.46. The Bertz CT molecular complexity index is 555. The smallest absolute Gasteiger partial charge is 0.212 e. The van der Waals surface area contributed by atoms with Gasteiger partial charge in [0.1, 0.15) is 11.6 Å². The Kier molecular flexibility index (Phi) is 3.01. The van der Waals surface area contributed by atoms with E-state index >= 15 is 0 Å². The third kappa shape index (κ3) is 2.76. The molecule has 0 amide bonds. The first kappa shape index (κ1) is 11.5. The van der Waals surface area contributed by atoms with Gasteiger partial charge in [-0.1, -0.05) is 0 Å². The van der Waals surface area contributed by atoms with Crippen LogP contribution in [0.4, 0.5) is 13.9 Å². The molecule has 0 aliphatic carbocycles. The minimum Gasteiger partial charge on any atom is -0.370 e. The van der Waals surface area contributed by atoms with E-state index in [-0.39, 0.29) is 5.96 Å². The topological polar surface area (TPSA) is 77.3 Å². The lowest BCUT2D eigenvalue weighted by molar-refractivity contribution is 0.584. The molecule has 0 unspecified atom stereocenters. The van der Waals surface area contributed by atoms with Crippen molar-refractivity contribution in [1.82, 2.24) is 4.98 Å². The maximum atomic E-state index is 13.0. The Balaban J connectivity index is 2.40. The van der Waals surface area contributed by atoms with Gasteiger partial charge in [-0.2, -0.15) is 4.99 Å². The highest BCUT2D eigenvalue weighted by Gasteiger charge is 2.07. The monoisotopic (exact) mass is 254 g/mol. The van der Waals surface area contributed by atoms with Gasteiger partial charge >= 0.3 is 0 Å². The highest BCUT2D eigenvalue weighted by Crippen LogP contribution is 2.27. The SMILES string of the molecule is NC(N)=Nc1nc(-c2cc(F)cc(F)c2)cs1. The molecule has 0 fully saturated rings. The summed E-state index contributed by atoms with van der Waals surface area (Å²) in [5, 5.41) is 1.96. The Hall–Kier alpha value is -2.02. The van der Waals surface area contributed by atoms with E-state index in [1.54, 1.807) is 5.38 Å². The minimum absolute atomic E-state index is 0.115. The first-order valence-corrected chi connectivity index (χ1v) is 5.44. The number of aliphatic imine (C=N–C) groups is 1. The molecule has 0 aliphatic rings. The lowest BCUT2D eigenvalue weighted by Crippen LogP contribution is -2.21. The Morgan fingerprint density at radius 3 is 2.41 bits per heavy atom. The summed E-state index contributed by atoms with van der Waals surface area (Å²) in [6, 6.07) is 3.18. The molecule has 4 N–H and O–H groups in total. The largest absolute Gasteiger partial charge is 0.370 e. The molecule has 1 aromatic carbocycles. The summed E-state index contributed by atoms with van der Waals surface area (Å²) in [5.74, 6) is -1.43. The average molecular weight is 254 g/mol. The van der Waals surface area contributed by atoms with E-state index < -0.39 is 11.6 Å². The van der Waals surface area contributed by atoms with Crippen LogP contribution in [0, 0.1) is 11.6 Å². The molecule has 0 saturated heterocycles. The Morgan fingerprint density at radius 1 is 1.18 bits per heavy atom. The van der Waals surface area contributed by atoms with Crippen LogP contribution in [0.3, 0.4) is 0 Å². The average Bonchev–Trinajstić information content (AvgIpc) is 2.63. The van der Waals surface area contributed by atoms with E-state index in [0.717, 1.165) is 6.07 Å². The zero-order valence-electron chi connectivity index (χ0n) is 8.52. The molecule has 0 bridgehead atoms. The summed E-state index contributed by atoms with van der Waals surface area (Å²) in [6.45, 7) is 0. The molecular formula is C10H8F2N4S. The molecule has 88 valence electrons. The van der Waals surface area contributed by atoms with Crippen LogP contribution in [0.15, 0.2) is 28.6 Å². The van der Waals surface area contributed by atoms with E-state index in [1.807, 2.05) is 0 Å². The van der Waals surface area contributed by atoms with Gasteiger partial charge in [0, 0.05) is 17.0 Å². The second-order valence-corrected chi connectivity index (χ2v) is 4.05. The van der Waals surface area contributed by atoms with Crippen LogP contribution in [-0.2, 0) is 0 Å². The number of benzene rings is 1. The van der Waals surface area contributed by atoms with Crippen LogP contribution in [-0.4, -0.2) is 10.9 Å². The molecule has 2 aromatic rings. The van der Waals surface area contributed by atoms with Crippen molar-refractivity contribution in [3.63, 3.8) is 0 Å². The van der Waals surface area contributed by atoms with Gasteiger partial charge in [-0.05, 0) is 12.1 Å². The van der Waals surface area contributed by atoms with Gasteiger partial charge in [-0.3, -0.25) is 0 Å². The highest BCUT2D eigenvalue weighted by molar-refractivity contribution is 7.13. The Labute approximate surface area is 99.6 Å². The van der Waals surface area contributed by atoms with Crippen molar-refractivity contribution in [1.29, 1.82) is 0 Å². The predicted octanol–water partition coefficient (Wildman–Crippen LogP) is 1.99. The fraction of sp³-hybridized carbons (Fsp3) is 0. The summed E-state index contributed by atoms with van der Waals surface area (Å²) < 4.78 is 26.0. The van der Waals surface area contributed by atoms with Gasteiger partial charge in [0.05, 0.1) is 5.69 Å². The predicted molar refractivity (Wildman–Crippen MR) is 62.9 cm³/mol. The molecule has 7 heteroatoms. The van der Waals surface area contributed by atoms with Gasteiger partial charge in [0.25, 0.3) is 0 Å². The van der Waals surface area contributed by atoms with E-state index in [9.17, 15) is 8.78 Å². The fourth-order valence-electron chi connectivity index (χ4n) is 1.26. The molecule has 0 aliphatic heterocycles. The van der Waals surface area contributed by atoms with Gasteiger partial charge in [0.15, 0.2) is 5.96 Å². The van der Waals surface area contributed by atoms with E-state index in [4.69, 9.17) is 11.5 Å². The van der Waals surface area contributed by atoms with Crippen LogP contribution >= 0.6 is 11.3 Å². The first-order valence-electron chi connectivity index (χ1n) is 4.56. The highest BCUT2D eigenvalue weighted by atomic mass is 32.1. The van der Waals surface area contributed by atoms with Crippen molar-refractivity contribution >= 4 is 22.4 Å². The second-order valence-electron chi connectivity index (χ2n) is 3.21. The molecule has 1 aromatic heterocycles. The maximum Gasteiger partial charge on any atom is 0.212 e. The third-order valence-corrected chi connectivity index (χ3v) is 2.61. The van der Waals surface area contributed by atoms with Crippen LogP contribution < -0.4 is 11.5 Å². The number of halogens is 2. The minimum atomic E-state index is -0.656. The standard InChI is InChI=1S/C10H8F2N4S/c11-6-1-5(2-7(12)3-6)8-4-17-10(15-8)16-9(13)14/h1-4H,(H4,13,14,15,16). The van der Waals surface area contributed by atoms with E-state index in [1.165, 1.54) is 23.5 Å². The number of rotatable bonds is 2. The Morgan fingerprint density at radius 2 is 1.82 bits per heavy atom. The normalized spacial score (nSPS) is 10.2. The first-order chi connectivity index (χ1) is 8.04. The third-order valence-electron chi connectivity index (χ3n) is 1.88. The van der Waals surface area contributed by atoms with Crippen LogP contribution in [0.5, 0.6) is 0 Å². The van der Waals surface area contributed by atoms with Crippen LogP contribution in [0.1, 0.15) is 0 Å². The molecule has 2 rings (SSSR count). The lowest BCUT2D eigenvalue weighted by atomic mass is 10.2. The van der Waals surface area contributed by atoms with Crippen molar-refractivity contribution in [3.8, 4) is 11.3 Å². The maximum absolute atomic E-state index is 13.0. The van der Waals surface area contributed by atoms with Crippen molar-refractivity contribution in [2.75, 3.05) is 0 Å². The summed E-state index contributed by atoms with van der Waals surface area (Å²) in [7, 11) is 0. The number of hydrogen-bond acceptors (Lipinski definition) is 3. The van der Waals surface area contributed by atoms with Gasteiger partial charge in [0.2, 0.25) is 5.13 Å². The summed E-state index contributed by atoms with van der Waals surface area (Å²) in [4.78, 5) is 7.78. The van der Waals surface area contributed by atoms with Gasteiger partial charge < -0.3 is 11.5 Å². The van der Waals surface area contributed by atoms with Crippen molar-refractivity contribution < 1.29 is 8.78 Å². The molecular weight excluding hydrogens is 246 g/mol. The lowest BCUT2D eigenvalue weighted by Gasteiger charge is -1.97. The summed E-state index contributed by atoms with van der Waals surface area (Å²) in [5.41, 5.74) is 11.2. The molecule has 0 atom stereocenters. The summed E-state index contributed by atoms with van der Waals surface area (Å²) in [6.07, 6.45) is 0. The molecule has 17 heavy (non-hydrogen) atoms. The zero-order chi connectivity index (χ0) is 12.4. The molecule has 0 radical (unpaired) electrons. The van der Waals surface area contributed by atoms with Crippen molar-refractivity contribution in [2.24, 2.45) is 16.5 Å². The number of thiazole rings is 1. The van der Waals surface area contributed by atoms with E-state index in [0.29, 0.717) is 16.4 Å². The number of nitrogens with two attached hydrogens (primary N) is 2. The quantitative estimate of drug-likeness (QED) is 0.635. The van der Waals surface area contributed by atoms with E-state index in [2.05, 4.69) is 9.98 Å². The van der Waals surface area contributed by atoms with Crippen molar-refractivity contribution in [2.45, 2.75) is 0 Å². The molecule has 4 nitrogen and oxygen atoms in total. The molecule has 0 spiro atoms. The van der Waals surface area contributed by atoms with Crippen LogP contribution in [0.2, 0.25) is 0 Å².